The number of methoxy groups -OCH3 is 1. The summed E-state index contributed by atoms with van der Waals surface area (Å²) in [4.78, 5) is 27.8. The molecule has 0 saturated carbocycles. The summed E-state index contributed by atoms with van der Waals surface area (Å²) in [6.07, 6.45) is 1.52. The minimum atomic E-state index is -0.616. The molecule has 1 saturated heterocycles. The fourth-order valence-corrected chi connectivity index (χ4v) is 5.18. The van der Waals surface area contributed by atoms with Crippen molar-refractivity contribution in [3.63, 3.8) is 0 Å². The maximum absolute atomic E-state index is 13.0. The number of hydrogen-bond acceptors (Lipinski definition) is 4. The Labute approximate surface area is 193 Å². The third-order valence-corrected chi connectivity index (χ3v) is 6.98. The van der Waals surface area contributed by atoms with Gasteiger partial charge < -0.3 is 15.0 Å². The van der Waals surface area contributed by atoms with Gasteiger partial charge in [0.05, 0.1) is 18.9 Å². The number of benzene rings is 2. The number of ether oxygens (including phenoxy) is 1. The van der Waals surface area contributed by atoms with Gasteiger partial charge in [-0.15, -0.1) is 0 Å². The smallest absolute Gasteiger partial charge is 0.228 e. The van der Waals surface area contributed by atoms with Crippen LogP contribution in [0, 0.1) is 5.41 Å². The number of nitrogens with zero attached hydrogens (tertiary/aromatic N) is 1. The van der Waals surface area contributed by atoms with E-state index in [1.807, 2.05) is 29.2 Å². The van der Waals surface area contributed by atoms with Gasteiger partial charge in [-0.25, -0.2) is 0 Å². The Morgan fingerprint density at radius 3 is 2.56 bits per heavy atom. The average molecular weight is 449 g/mol. The van der Waals surface area contributed by atoms with Crippen LogP contribution in [0.3, 0.4) is 0 Å². The molecule has 4 rings (SSSR count). The van der Waals surface area contributed by atoms with Crippen LogP contribution >= 0.6 is 11.3 Å². The van der Waals surface area contributed by atoms with Gasteiger partial charge in [0, 0.05) is 25.7 Å². The minimum Gasteiger partial charge on any atom is -0.496 e. The molecule has 6 heteroatoms. The molecule has 5 nitrogen and oxygen atoms in total. The molecule has 3 aromatic rings. The number of thiophene rings is 1. The van der Waals surface area contributed by atoms with E-state index in [1.165, 1.54) is 11.1 Å². The molecule has 2 amide bonds. The van der Waals surface area contributed by atoms with E-state index < -0.39 is 5.41 Å². The Kier molecular flexibility index (Phi) is 6.61. The van der Waals surface area contributed by atoms with Crippen LogP contribution in [0.15, 0.2) is 65.4 Å². The Bertz CT molecular complexity index is 1080. The summed E-state index contributed by atoms with van der Waals surface area (Å²) < 4.78 is 5.39. The molecule has 1 atom stereocenters. The van der Waals surface area contributed by atoms with Crippen molar-refractivity contribution in [3.8, 4) is 16.9 Å². The lowest BCUT2D eigenvalue weighted by Crippen LogP contribution is -2.44. The van der Waals surface area contributed by atoms with E-state index >= 15 is 0 Å². The highest BCUT2D eigenvalue weighted by molar-refractivity contribution is 7.08. The molecule has 0 radical (unpaired) electrons. The second-order valence-corrected chi connectivity index (χ2v) is 9.08. The normalized spacial score (nSPS) is 17.9. The summed E-state index contributed by atoms with van der Waals surface area (Å²) in [6, 6.07) is 18.1. The van der Waals surface area contributed by atoms with Crippen molar-refractivity contribution in [2.24, 2.45) is 5.41 Å². The van der Waals surface area contributed by atoms with Gasteiger partial charge >= 0.3 is 0 Å². The van der Waals surface area contributed by atoms with Crippen LogP contribution in [0.2, 0.25) is 0 Å². The second kappa shape index (κ2) is 9.57. The zero-order valence-corrected chi connectivity index (χ0v) is 19.3. The predicted octanol–water partition coefficient (Wildman–Crippen LogP) is 4.17. The number of carbonyl (C=O) groups excluding carboxylic acids is 2. The maximum atomic E-state index is 13.0. The van der Waals surface area contributed by atoms with Crippen molar-refractivity contribution >= 4 is 23.2 Å². The van der Waals surface area contributed by atoms with E-state index in [0.717, 1.165) is 11.1 Å². The molecule has 1 aliphatic rings. The first-order chi connectivity index (χ1) is 15.5. The highest BCUT2D eigenvalue weighted by Crippen LogP contribution is 2.36. The van der Waals surface area contributed by atoms with Crippen LogP contribution < -0.4 is 10.1 Å². The van der Waals surface area contributed by atoms with Crippen molar-refractivity contribution in [2.75, 3.05) is 27.2 Å². The fourth-order valence-electron chi connectivity index (χ4n) is 4.52. The molecule has 1 aromatic heterocycles. The van der Waals surface area contributed by atoms with Crippen molar-refractivity contribution < 1.29 is 14.3 Å². The van der Waals surface area contributed by atoms with Crippen molar-refractivity contribution in [3.05, 3.63) is 76.5 Å². The van der Waals surface area contributed by atoms with E-state index in [4.69, 9.17) is 4.74 Å². The Morgan fingerprint density at radius 2 is 1.88 bits per heavy atom. The quantitative estimate of drug-likeness (QED) is 0.590. The molecule has 1 N–H and O–H groups in total. The fraction of sp³-hybridized carbons (Fsp3) is 0.308. The number of hydrogen-bond donors (Lipinski definition) is 1. The largest absolute Gasteiger partial charge is 0.496 e. The van der Waals surface area contributed by atoms with Gasteiger partial charge in [0.1, 0.15) is 5.75 Å². The van der Waals surface area contributed by atoms with Crippen LogP contribution in [0.1, 0.15) is 17.5 Å². The van der Waals surface area contributed by atoms with E-state index in [2.05, 4.69) is 46.4 Å². The van der Waals surface area contributed by atoms with Gasteiger partial charge in [0.2, 0.25) is 11.8 Å². The monoisotopic (exact) mass is 448 g/mol. The first-order valence-electron chi connectivity index (χ1n) is 10.8. The number of para-hydroxylation sites is 1. The van der Waals surface area contributed by atoms with Gasteiger partial charge in [-0.05, 0) is 52.4 Å². The third-order valence-electron chi connectivity index (χ3n) is 6.30. The zero-order valence-electron chi connectivity index (χ0n) is 18.5. The first kappa shape index (κ1) is 22.1. The highest BCUT2D eigenvalue weighted by atomic mass is 32.1. The van der Waals surface area contributed by atoms with Gasteiger partial charge in [0.15, 0.2) is 0 Å². The molecule has 32 heavy (non-hydrogen) atoms. The highest BCUT2D eigenvalue weighted by Gasteiger charge is 2.45. The van der Waals surface area contributed by atoms with E-state index in [9.17, 15) is 9.59 Å². The Balaban J connectivity index is 1.49. The molecule has 1 aliphatic heterocycles. The molecular formula is C26H28N2O3S. The van der Waals surface area contributed by atoms with Gasteiger partial charge in [-0.3, -0.25) is 9.59 Å². The molecule has 1 fully saturated rings. The molecule has 2 aromatic carbocycles. The minimum absolute atomic E-state index is 0.00740. The summed E-state index contributed by atoms with van der Waals surface area (Å²) in [5, 5.41) is 7.03. The van der Waals surface area contributed by atoms with Crippen LogP contribution in [0.25, 0.3) is 11.1 Å². The molecule has 1 unspecified atom stereocenters. The SMILES string of the molecule is CNC(=O)C1(Cc2ccc(-c3ccsc3)cc2)CCN(C(=O)Cc2ccccc2OC)C1. The van der Waals surface area contributed by atoms with Crippen LogP contribution in [-0.2, 0) is 22.4 Å². The van der Waals surface area contributed by atoms with E-state index in [1.54, 1.807) is 25.5 Å². The van der Waals surface area contributed by atoms with Crippen molar-refractivity contribution in [1.82, 2.24) is 10.2 Å². The summed E-state index contributed by atoms with van der Waals surface area (Å²) >= 11 is 1.68. The lowest BCUT2D eigenvalue weighted by Gasteiger charge is -2.28. The van der Waals surface area contributed by atoms with Crippen LogP contribution in [0.4, 0.5) is 0 Å². The molecule has 166 valence electrons. The summed E-state index contributed by atoms with van der Waals surface area (Å²) in [5.74, 6) is 0.725. The van der Waals surface area contributed by atoms with E-state index in [0.29, 0.717) is 31.7 Å². The summed E-state index contributed by atoms with van der Waals surface area (Å²) in [6.45, 7) is 1.00. The Hall–Kier alpha value is -3.12. The molecule has 0 aliphatic carbocycles. The molecule has 2 heterocycles. The number of nitrogens with one attached hydrogen (secondary N) is 1. The van der Waals surface area contributed by atoms with Gasteiger partial charge in [-0.2, -0.15) is 11.3 Å². The topological polar surface area (TPSA) is 58.6 Å². The number of likely N-dealkylation sites (tertiary alicyclic amines) is 1. The lowest BCUT2D eigenvalue weighted by molar-refractivity contribution is -0.132. The summed E-state index contributed by atoms with van der Waals surface area (Å²) in [7, 11) is 3.28. The van der Waals surface area contributed by atoms with Crippen molar-refractivity contribution in [1.29, 1.82) is 0 Å². The van der Waals surface area contributed by atoms with E-state index in [-0.39, 0.29) is 18.2 Å². The number of carbonyl (C=O) groups is 2. The standard InChI is InChI=1S/C26H28N2O3S/c1-27-25(30)26(16-19-7-9-20(10-8-19)22-11-14-32-17-22)12-13-28(18-26)24(29)15-21-5-3-4-6-23(21)31-2/h3-11,14,17H,12-13,15-16,18H2,1-2H3,(H,27,30). The van der Waals surface area contributed by atoms with Gasteiger partial charge in [-0.1, -0.05) is 42.5 Å². The zero-order chi connectivity index (χ0) is 22.6. The third kappa shape index (κ3) is 4.55. The second-order valence-electron chi connectivity index (χ2n) is 8.30. The summed E-state index contributed by atoms with van der Waals surface area (Å²) in [5.41, 5.74) is 3.73. The van der Waals surface area contributed by atoms with Crippen molar-refractivity contribution in [2.45, 2.75) is 19.3 Å². The predicted molar refractivity (Wildman–Crippen MR) is 128 cm³/mol. The first-order valence-corrected chi connectivity index (χ1v) is 11.7. The Morgan fingerprint density at radius 1 is 1.09 bits per heavy atom. The van der Waals surface area contributed by atoms with Crippen LogP contribution in [0.5, 0.6) is 5.75 Å². The van der Waals surface area contributed by atoms with Gasteiger partial charge in [0.25, 0.3) is 0 Å². The lowest BCUT2D eigenvalue weighted by atomic mass is 9.79. The molecule has 0 bridgehead atoms. The average Bonchev–Trinajstić information content (AvgIpc) is 3.51. The molecular weight excluding hydrogens is 420 g/mol. The molecule has 0 spiro atoms. The maximum Gasteiger partial charge on any atom is 0.228 e. The van der Waals surface area contributed by atoms with Crippen LogP contribution in [-0.4, -0.2) is 44.0 Å². The number of amides is 2. The number of rotatable bonds is 7.